The van der Waals surface area contributed by atoms with E-state index in [0.29, 0.717) is 5.41 Å². The quantitative estimate of drug-likeness (QED) is 0.610. The van der Waals surface area contributed by atoms with E-state index in [4.69, 9.17) is 11.6 Å². The fourth-order valence-corrected chi connectivity index (χ4v) is 2.65. The Balaban J connectivity index is 2.33. The minimum atomic E-state index is 0.284. The third kappa shape index (κ3) is 2.28. The molecule has 0 nitrogen and oxygen atoms in total. The maximum absolute atomic E-state index is 5.91. The molecule has 2 rings (SSSR count). The Hall–Kier alpha value is -0.750. The zero-order valence-electron chi connectivity index (χ0n) is 11.2. The van der Waals surface area contributed by atoms with Crippen molar-refractivity contribution in [2.24, 2.45) is 10.8 Å². The van der Waals surface area contributed by atoms with Gasteiger partial charge in [-0.1, -0.05) is 63.1 Å². The van der Waals surface area contributed by atoms with Crippen molar-refractivity contribution in [2.75, 3.05) is 0 Å². The Bertz CT molecular complexity index is 435. The highest BCUT2D eigenvalue weighted by molar-refractivity contribution is 6.30. The number of allylic oxidation sites excluding steroid dienone is 1. The molecule has 0 atom stereocenters. The molecule has 0 bridgehead atoms. The molecule has 0 aliphatic heterocycles. The molecule has 1 fully saturated rings. The van der Waals surface area contributed by atoms with Crippen LogP contribution in [0.3, 0.4) is 0 Å². The largest absolute Gasteiger partial charge is 0.0843 e. The van der Waals surface area contributed by atoms with Gasteiger partial charge in [0.05, 0.1) is 0 Å². The highest BCUT2D eigenvalue weighted by Gasteiger charge is 2.44. The van der Waals surface area contributed by atoms with E-state index in [1.54, 1.807) is 5.57 Å². The van der Waals surface area contributed by atoms with Crippen molar-refractivity contribution in [3.8, 4) is 0 Å². The van der Waals surface area contributed by atoms with E-state index in [0.717, 1.165) is 5.02 Å². The van der Waals surface area contributed by atoms with E-state index in [1.165, 1.54) is 18.4 Å². The number of hydrogen-bond acceptors (Lipinski definition) is 0. The summed E-state index contributed by atoms with van der Waals surface area (Å²) in [6.45, 7) is 9.47. The van der Waals surface area contributed by atoms with Crippen LogP contribution in [0.15, 0.2) is 29.8 Å². The molecule has 0 saturated heterocycles. The van der Waals surface area contributed by atoms with Gasteiger partial charge in [-0.2, -0.15) is 0 Å². The Labute approximate surface area is 110 Å². The number of rotatable bonds is 1. The number of halogens is 1. The summed E-state index contributed by atoms with van der Waals surface area (Å²) in [6, 6.07) is 8.11. The molecular weight excluding hydrogens is 228 g/mol. The van der Waals surface area contributed by atoms with Gasteiger partial charge in [0.15, 0.2) is 0 Å². The van der Waals surface area contributed by atoms with Crippen LogP contribution in [-0.2, 0) is 0 Å². The van der Waals surface area contributed by atoms with Gasteiger partial charge in [0.25, 0.3) is 0 Å². The van der Waals surface area contributed by atoms with Gasteiger partial charge < -0.3 is 0 Å². The van der Waals surface area contributed by atoms with Crippen LogP contribution in [0.4, 0.5) is 0 Å². The Morgan fingerprint density at radius 2 is 1.65 bits per heavy atom. The summed E-state index contributed by atoms with van der Waals surface area (Å²) in [4.78, 5) is 0. The summed E-state index contributed by atoms with van der Waals surface area (Å²) in [5.74, 6) is 0. The van der Waals surface area contributed by atoms with Crippen LogP contribution in [0, 0.1) is 10.8 Å². The third-order valence-electron chi connectivity index (χ3n) is 4.72. The summed E-state index contributed by atoms with van der Waals surface area (Å²) in [5, 5.41) is 0.804. The molecular formula is C16H21Cl. The standard InChI is InChI=1S/C16H21Cl/c1-15(2)10-9-13(16(15,3)4)11-12-5-7-14(17)8-6-12/h5-8,11H,9-10H2,1-4H3/b13-11+. The normalized spacial score (nSPS) is 24.2. The lowest BCUT2D eigenvalue weighted by Crippen LogP contribution is -2.27. The molecule has 0 amide bonds. The van der Waals surface area contributed by atoms with Crippen molar-refractivity contribution in [2.45, 2.75) is 40.5 Å². The predicted octanol–water partition coefficient (Wildman–Crippen LogP) is 5.57. The van der Waals surface area contributed by atoms with Gasteiger partial charge in [-0.3, -0.25) is 0 Å². The molecule has 0 N–H and O–H groups in total. The third-order valence-corrected chi connectivity index (χ3v) is 4.98. The van der Waals surface area contributed by atoms with E-state index < -0.39 is 0 Å². The summed E-state index contributed by atoms with van der Waals surface area (Å²) in [5.41, 5.74) is 3.50. The maximum atomic E-state index is 5.91. The lowest BCUT2D eigenvalue weighted by molar-refractivity contribution is 0.189. The smallest absolute Gasteiger partial charge is 0.0406 e. The molecule has 1 aromatic rings. The second-order valence-corrected chi connectivity index (χ2v) is 6.67. The number of hydrogen-bond donors (Lipinski definition) is 0. The molecule has 0 spiro atoms. The van der Waals surface area contributed by atoms with Crippen LogP contribution < -0.4 is 0 Å². The monoisotopic (exact) mass is 248 g/mol. The Kier molecular flexibility index (Phi) is 3.12. The molecule has 1 aromatic carbocycles. The zero-order valence-corrected chi connectivity index (χ0v) is 11.9. The summed E-state index contributed by atoms with van der Waals surface area (Å²) in [6.07, 6.45) is 4.83. The van der Waals surface area contributed by atoms with Crippen LogP contribution >= 0.6 is 11.6 Å². The molecule has 0 unspecified atom stereocenters. The molecule has 17 heavy (non-hydrogen) atoms. The maximum Gasteiger partial charge on any atom is 0.0406 e. The zero-order chi connectivity index (χ0) is 12.7. The van der Waals surface area contributed by atoms with Gasteiger partial charge in [-0.15, -0.1) is 0 Å². The fraction of sp³-hybridized carbons (Fsp3) is 0.500. The highest BCUT2D eigenvalue weighted by atomic mass is 35.5. The first-order valence-corrected chi connectivity index (χ1v) is 6.67. The van der Waals surface area contributed by atoms with Gasteiger partial charge >= 0.3 is 0 Å². The van der Waals surface area contributed by atoms with Crippen LogP contribution in [0.2, 0.25) is 5.02 Å². The number of benzene rings is 1. The van der Waals surface area contributed by atoms with Crippen molar-refractivity contribution in [3.63, 3.8) is 0 Å². The van der Waals surface area contributed by atoms with Gasteiger partial charge in [0, 0.05) is 5.02 Å². The molecule has 1 saturated carbocycles. The SMILES string of the molecule is CC1(C)CC/C(=C\c2ccc(Cl)cc2)C1(C)C. The van der Waals surface area contributed by atoms with E-state index in [2.05, 4.69) is 45.9 Å². The van der Waals surface area contributed by atoms with E-state index >= 15 is 0 Å². The second kappa shape index (κ2) is 4.17. The molecule has 0 heterocycles. The van der Waals surface area contributed by atoms with Crippen molar-refractivity contribution in [1.82, 2.24) is 0 Å². The van der Waals surface area contributed by atoms with Gasteiger partial charge in [-0.25, -0.2) is 0 Å². The van der Waals surface area contributed by atoms with Crippen LogP contribution in [0.5, 0.6) is 0 Å². The van der Waals surface area contributed by atoms with Gasteiger partial charge in [0.1, 0.15) is 0 Å². The molecule has 0 radical (unpaired) electrons. The first kappa shape index (κ1) is 12.7. The first-order valence-electron chi connectivity index (χ1n) is 6.29. The Morgan fingerprint density at radius 3 is 2.12 bits per heavy atom. The minimum Gasteiger partial charge on any atom is -0.0843 e. The van der Waals surface area contributed by atoms with E-state index in [1.807, 2.05) is 12.1 Å². The van der Waals surface area contributed by atoms with Crippen molar-refractivity contribution < 1.29 is 0 Å². The second-order valence-electron chi connectivity index (χ2n) is 6.23. The van der Waals surface area contributed by atoms with Crippen molar-refractivity contribution in [1.29, 1.82) is 0 Å². The fourth-order valence-electron chi connectivity index (χ4n) is 2.52. The summed E-state index contributed by atoms with van der Waals surface area (Å²) in [7, 11) is 0. The Morgan fingerprint density at radius 1 is 1.06 bits per heavy atom. The minimum absolute atomic E-state index is 0.284. The lowest BCUT2D eigenvalue weighted by Gasteiger charge is -2.36. The molecule has 1 aliphatic carbocycles. The molecule has 0 aromatic heterocycles. The van der Waals surface area contributed by atoms with Gasteiger partial charge in [0.2, 0.25) is 0 Å². The molecule has 1 heteroatoms. The van der Waals surface area contributed by atoms with Crippen LogP contribution in [-0.4, -0.2) is 0 Å². The van der Waals surface area contributed by atoms with Crippen LogP contribution in [0.1, 0.15) is 46.1 Å². The van der Waals surface area contributed by atoms with E-state index in [-0.39, 0.29) is 5.41 Å². The first-order chi connectivity index (χ1) is 7.83. The molecule has 1 aliphatic rings. The topological polar surface area (TPSA) is 0 Å². The van der Waals surface area contributed by atoms with E-state index in [9.17, 15) is 0 Å². The summed E-state index contributed by atoms with van der Waals surface area (Å²) < 4.78 is 0. The summed E-state index contributed by atoms with van der Waals surface area (Å²) >= 11 is 5.91. The molecule has 92 valence electrons. The average Bonchev–Trinajstić information content (AvgIpc) is 2.44. The predicted molar refractivity (Wildman–Crippen MR) is 76.2 cm³/mol. The van der Waals surface area contributed by atoms with Gasteiger partial charge in [-0.05, 0) is 41.4 Å². The highest BCUT2D eigenvalue weighted by Crippen LogP contribution is 2.55. The van der Waals surface area contributed by atoms with Crippen molar-refractivity contribution in [3.05, 3.63) is 40.4 Å². The average molecular weight is 249 g/mol. The van der Waals surface area contributed by atoms with Crippen molar-refractivity contribution >= 4 is 17.7 Å². The van der Waals surface area contributed by atoms with Crippen LogP contribution in [0.25, 0.3) is 6.08 Å². The lowest BCUT2D eigenvalue weighted by atomic mass is 9.69.